The van der Waals surface area contributed by atoms with Gasteiger partial charge in [-0.15, -0.1) is 0 Å². The van der Waals surface area contributed by atoms with Gasteiger partial charge in [0.05, 0.1) is 0 Å². The average Bonchev–Trinajstić information content (AvgIpc) is 2.46. The number of nitro groups is 1. The van der Waals surface area contributed by atoms with E-state index in [2.05, 4.69) is 4.98 Å². The maximum atomic E-state index is 10.7. The van der Waals surface area contributed by atoms with Crippen LogP contribution in [0, 0.1) is 17.0 Å². The molecule has 1 atom stereocenters. The van der Waals surface area contributed by atoms with Crippen molar-refractivity contribution in [3.8, 4) is 0 Å². The third kappa shape index (κ3) is 2.78. The summed E-state index contributed by atoms with van der Waals surface area (Å²) < 4.78 is 6.31. The number of hydrogen-bond donors (Lipinski definition) is 0. The molecule has 1 rings (SSSR count). The maximum absolute atomic E-state index is 10.7. The van der Waals surface area contributed by atoms with Gasteiger partial charge in [0.1, 0.15) is 18.8 Å². The fourth-order valence-corrected chi connectivity index (χ4v) is 1.41. The Kier molecular flexibility index (Phi) is 3.60. The van der Waals surface area contributed by atoms with Crippen molar-refractivity contribution in [3.05, 3.63) is 22.1 Å². The first-order chi connectivity index (χ1) is 7.41. The Morgan fingerprint density at radius 2 is 2.38 bits per heavy atom. The van der Waals surface area contributed by atoms with Crippen molar-refractivity contribution >= 4 is 11.8 Å². The van der Waals surface area contributed by atoms with Crippen molar-refractivity contribution in [2.75, 3.05) is 0 Å². The molecule has 1 heterocycles. The lowest BCUT2D eigenvalue weighted by molar-refractivity contribution is -0.392. The molecule has 0 N–H and O–H groups in total. The topological polar surface area (TPSA) is 87.3 Å². The molecule has 0 radical (unpaired) electrons. The number of aromatic nitrogens is 2. The molecule has 0 amide bonds. The summed E-state index contributed by atoms with van der Waals surface area (Å²) in [4.78, 5) is 24.7. The molecule has 7 heteroatoms. The van der Waals surface area contributed by atoms with Crippen LogP contribution in [0.15, 0.2) is 6.20 Å². The second-order valence-corrected chi connectivity index (χ2v) is 3.45. The van der Waals surface area contributed by atoms with Gasteiger partial charge < -0.3 is 14.9 Å². The lowest BCUT2D eigenvalue weighted by Crippen LogP contribution is -2.20. The van der Waals surface area contributed by atoms with Crippen LogP contribution in [0.3, 0.4) is 0 Å². The Hall–Kier alpha value is -1.92. The van der Waals surface area contributed by atoms with Crippen LogP contribution in [-0.4, -0.2) is 26.5 Å². The zero-order chi connectivity index (χ0) is 12.3. The number of nitrogens with zero attached hydrogens (tertiary/aromatic N) is 3. The normalized spacial score (nSPS) is 12.2. The van der Waals surface area contributed by atoms with Gasteiger partial charge >= 0.3 is 11.8 Å². The number of hydrogen-bond acceptors (Lipinski definition) is 5. The molecule has 0 aliphatic carbocycles. The summed E-state index contributed by atoms with van der Waals surface area (Å²) in [6.07, 6.45) is 0.764. The van der Waals surface area contributed by atoms with Crippen molar-refractivity contribution in [1.29, 1.82) is 0 Å². The van der Waals surface area contributed by atoms with E-state index in [9.17, 15) is 14.9 Å². The van der Waals surface area contributed by atoms with Crippen molar-refractivity contribution in [2.45, 2.75) is 33.4 Å². The summed E-state index contributed by atoms with van der Waals surface area (Å²) in [6.45, 7) is 4.85. The average molecular weight is 227 g/mol. The third-order valence-electron chi connectivity index (χ3n) is 2.03. The molecule has 0 fully saturated rings. The summed E-state index contributed by atoms with van der Waals surface area (Å²) in [5.41, 5.74) is 0. The molecule has 0 aliphatic rings. The predicted molar refractivity (Wildman–Crippen MR) is 54.8 cm³/mol. The molecular weight excluding hydrogens is 214 g/mol. The number of ether oxygens (including phenoxy) is 1. The van der Waals surface area contributed by atoms with Crippen molar-refractivity contribution in [2.24, 2.45) is 0 Å². The minimum absolute atomic E-state index is 0.100. The minimum atomic E-state index is -0.513. The molecule has 0 saturated carbocycles. The number of carbonyl (C=O) groups is 1. The van der Waals surface area contributed by atoms with Crippen molar-refractivity contribution in [1.82, 2.24) is 9.55 Å². The van der Waals surface area contributed by atoms with Gasteiger partial charge in [0, 0.05) is 13.8 Å². The lowest BCUT2D eigenvalue weighted by atomic mass is 10.4. The summed E-state index contributed by atoms with van der Waals surface area (Å²) >= 11 is 0. The standard InChI is InChI=1S/C9H13N3O4/c1-6(16-8(3)13)5-11-7(2)10-4-9(11)12(14)15/h4,6H,5H2,1-3H3/t6-/m1/s1. The molecule has 88 valence electrons. The Morgan fingerprint density at radius 1 is 1.75 bits per heavy atom. The lowest BCUT2D eigenvalue weighted by Gasteiger charge is -2.10. The van der Waals surface area contributed by atoms with Crippen LogP contribution < -0.4 is 0 Å². The second kappa shape index (κ2) is 4.73. The maximum Gasteiger partial charge on any atom is 0.342 e. The first kappa shape index (κ1) is 12.2. The van der Waals surface area contributed by atoms with Gasteiger partial charge in [0.25, 0.3) is 0 Å². The van der Waals surface area contributed by atoms with E-state index in [1.807, 2.05) is 0 Å². The number of rotatable bonds is 4. The van der Waals surface area contributed by atoms with E-state index in [-0.39, 0.29) is 12.4 Å². The predicted octanol–water partition coefficient (Wildman–Crippen LogP) is 1.05. The first-order valence-electron chi connectivity index (χ1n) is 4.75. The van der Waals surface area contributed by atoms with E-state index in [0.29, 0.717) is 5.82 Å². The quantitative estimate of drug-likeness (QED) is 0.436. The molecule has 1 aromatic rings. The van der Waals surface area contributed by atoms with E-state index < -0.39 is 17.0 Å². The molecule has 0 spiro atoms. The van der Waals surface area contributed by atoms with Gasteiger partial charge in [-0.05, 0) is 11.8 Å². The zero-order valence-corrected chi connectivity index (χ0v) is 9.34. The molecule has 7 nitrogen and oxygen atoms in total. The van der Waals surface area contributed by atoms with E-state index in [4.69, 9.17) is 4.74 Å². The summed E-state index contributed by atoms with van der Waals surface area (Å²) in [6, 6.07) is 0. The number of imidazole rings is 1. The fourth-order valence-electron chi connectivity index (χ4n) is 1.41. The van der Waals surface area contributed by atoms with Gasteiger partial charge in [0.2, 0.25) is 0 Å². The molecule has 0 aromatic carbocycles. The van der Waals surface area contributed by atoms with Crippen molar-refractivity contribution < 1.29 is 14.5 Å². The van der Waals surface area contributed by atoms with Crippen LogP contribution in [0.5, 0.6) is 0 Å². The van der Waals surface area contributed by atoms with E-state index in [0.717, 1.165) is 0 Å². The summed E-state index contributed by atoms with van der Waals surface area (Å²) in [5.74, 6) is 0.00938. The van der Waals surface area contributed by atoms with Gasteiger partial charge in [-0.2, -0.15) is 0 Å². The molecule has 0 unspecified atom stereocenters. The zero-order valence-electron chi connectivity index (χ0n) is 9.34. The smallest absolute Gasteiger partial charge is 0.342 e. The number of carbonyl (C=O) groups excluding carboxylic acids is 1. The van der Waals surface area contributed by atoms with Crippen molar-refractivity contribution in [3.63, 3.8) is 0 Å². The van der Waals surface area contributed by atoms with Crippen LogP contribution in [-0.2, 0) is 16.1 Å². The van der Waals surface area contributed by atoms with Crippen LogP contribution in [0.1, 0.15) is 19.7 Å². The highest BCUT2D eigenvalue weighted by molar-refractivity contribution is 5.66. The van der Waals surface area contributed by atoms with Gasteiger partial charge in [-0.1, -0.05) is 0 Å². The third-order valence-corrected chi connectivity index (χ3v) is 2.03. The van der Waals surface area contributed by atoms with E-state index in [1.165, 1.54) is 17.7 Å². The first-order valence-corrected chi connectivity index (χ1v) is 4.75. The Morgan fingerprint density at radius 3 is 2.88 bits per heavy atom. The summed E-state index contributed by atoms with van der Waals surface area (Å²) in [7, 11) is 0. The molecule has 0 aliphatic heterocycles. The monoisotopic (exact) mass is 227 g/mol. The largest absolute Gasteiger partial charge is 0.459 e. The highest BCUT2D eigenvalue weighted by Crippen LogP contribution is 2.14. The van der Waals surface area contributed by atoms with Crippen LogP contribution >= 0.6 is 0 Å². The van der Waals surface area contributed by atoms with Crippen LogP contribution in [0.2, 0.25) is 0 Å². The number of aryl methyl sites for hydroxylation is 1. The Labute approximate surface area is 92.2 Å². The molecule has 0 bridgehead atoms. The highest BCUT2D eigenvalue weighted by atomic mass is 16.6. The molecular formula is C9H13N3O4. The van der Waals surface area contributed by atoms with Gasteiger partial charge in [-0.3, -0.25) is 4.79 Å². The molecule has 1 aromatic heterocycles. The minimum Gasteiger partial charge on any atom is -0.459 e. The Bertz CT molecular complexity index is 413. The molecule has 16 heavy (non-hydrogen) atoms. The van der Waals surface area contributed by atoms with Gasteiger partial charge in [-0.25, -0.2) is 9.55 Å². The molecule has 0 saturated heterocycles. The van der Waals surface area contributed by atoms with Crippen LogP contribution in [0.4, 0.5) is 5.82 Å². The SMILES string of the molecule is CC(=O)O[C@H](C)Cn1c([N+](=O)[O-])cnc1C. The Balaban J connectivity index is 2.83. The number of esters is 1. The second-order valence-electron chi connectivity index (χ2n) is 3.45. The van der Waals surface area contributed by atoms with E-state index in [1.54, 1.807) is 13.8 Å². The fraction of sp³-hybridized carbons (Fsp3) is 0.556. The van der Waals surface area contributed by atoms with Crippen LogP contribution in [0.25, 0.3) is 0 Å². The van der Waals surface area contributed by atoms with Gasteiger partial charge in [0.15, 0.2) is 5.82 Å². The van der Waals surface area contributed by atoms with E-state index >= 15 is 0 Å². The highest BCUT2D eigenvalue weighted by Gasteiger charge is 2.20. The summed E-state index contributed by atoms with van der Waals surface area (Å²) in [5, 5.41) is 10.7.